The van der Waals surface area contributed by atoms with Crippen molar-refractivity contribution < 1.29 is 22.0 Å². The largest absolute Gasteiger partial charge is 0.492 e. The molecular formula is C17H19N3O5S. The Kier molecular flexibility index (Phi) is 4.99. The van der Waals surface area contributed by atoms with Crippen LogP contribution in [0.3, 0.4) is 0 Å². The number of sulfonamides is 1. The predicted octanol–water partition coefficient (Wildman–Crippen LogP) is 3.65. The molecule has 138 valence electrons. The molecule has 0 amide bonds. The summed E-state index contributed by atoms with van der Waals surface area (Å²) in [4.78, 5) is 0. The third-order valence-corrected chi connectivity index (χ3v) is 4.66. The minimum atomic E-state index is -3.94. The fourth-order valence-electron chi connectivity index (χ4n) is 2.17. The standard InChI is InChI=1S/C17H19N3O5S/c1-4-23-13-8-6-5-7-12(13)20-26(21,22)15-10-9-14(24-15)17-19-18-16(25-17)11(2)3/h5-11,20H,4H2,1-3H3. The number of aromatic nitrogens is 2. The Morgan fingerprint density at radius 3 is 2.58 bits per heavy atom. The van der Waals surface area contributed by atoms with E-state index in [1.807, 2.05) is 20.8 Å². The summed E-state index contributed by atoms with van der Waals surface area (Å²) in [7, 11) is -3.94. The number of hydrogen-bond donors (Lipinski definition) is 1. The fraction of sp³-hybridized carbons (Fsp3) is 0.294. The van der Waals surface area contributed by atoms with E-state index in [-0.39, 0.29) is 22.7 Å². The lowest BCUT2D eigenvalue weighted by atomic mass is 10.2. The summed E-state index contributed by atoms with van der Waals surface area (Å²) < 4.78 is 44.0. The third-order valence-electron chi connectivity index (χ3n) is 3.42. The highest BCUT2D eigenvalue weighted by Crippen LogP contribution is 2.29. The molecule has 0 saturated heterocycles. The van der Waals surface area contributed by atoms with E-state index in [2.05, 4.69) is 14.9 Å². The molecule has 0 fully saturated rings. The molecule has 1 N–H and O–H groups in total. The zero-order valence-corrected chi connectivity index (χ0v) is 15.4. The number of nitrogens with zero attached hydrogens (tertiary/aromatic N) is 2. The Balaban J connectivity index is 1.86. The number of anilines is 1. The Hall–Kier alpha value is -2.81. The summed E-state index contributed by atoms with van der Waals surface area (Å²) in [5, 5.41) is 7.52. The number of nitrogens with one attached hydrogen (secondary N) is 1. The highest BCUT2D eigenvalue weighted by atomic mass is 32.2. The van der Waals surface area contributed by atoms with Crippen molar-refractivity contribution in [3.63, 3.8) is 0 Å². The van der Waals surface area contributed by atoms with Crippen molar-refractivity contribution in [2.75, 3.05) is 11.3 Å². The van der Waals surface area contributed by atoms with Crippen LogP contribution >= 0.6 is 0 Å². The summed E-state index contributed by atoms with van der Waals surface area (Å²) in [6.45, 7) is 6.06. The average Bonchev–Trinajstić information content (AvgIpc) is 3.26. The van der Waals surface area contributed by atoms with Crippen LogP contribution in [-0.4, -0.2) is 25.2 Å². The van der Waals surface area contributed by atoms with Crippen molar-refractivity contribution >= 4 is 15.7 Å². The van der Waals surface area contributed by atoms with Gasteiger partial charge in [-0.3, -0.25) is 4.72 Å². The third kappa shape index (κ3) is 3.72. The molecule has 0 unspecified atom stereocenters. The minimum Gasteiger partial charge on any atom is -0.492 e. The molecule has 26 heavy (non-hydrogen) atoms. The van der Waals surface area contributed by atoms with Crippen LogP contribution in [0, 0.1) is 0 Å². The highest BCUT2D eigenvalue weighted by molar-refractivity contribution is 7.92. The van der Waals surface area contributed by atoms with E-state index in [1.165, 1.54) is 12.1 Å². The van der Waals surface area contributed by atoms with Gasteiger partial charge in [0.1, 0.15) is 5.75 Å². The van der Waals surface area contributed by atoms with Gasteiger partial charge in [-0.25, -0.2) is 0 Å². The maximum absolute atomic E-state index is 12.6. The quantitative estimate of drug-likeness (QED) is 0.669. The number of hydrogen-bond acceptors (Lipinski definition) is 7. The Bertz CT molecular complexity index is 991. The fourth-order valence-corrected chi connectivity index (χ4v) is 3.18. The normalized spacial score (nSPS) is 11.7. The molecule has 9 heteroatoms. The van der Waals surface area contributed by atoms with Gasteiger partial charge in [-0.05, 0) is 31.2 Å². The lowest BCUT2D eigenvalue weighted by molar-refractivity contribution is 0.342. The molecule has 0 atom stereocenters. The molecular weight excluding hydrogens is 358 g/mol. The number of furan rings is 1. The molecule has 0 aliphatic heterocycles. The zero-order valence-electron chi connectivity index (χ0n) is 14.6. The van der Waals surface area contributed by atoms with Gasteiger partial charge in [-0.1, -0.05) is 26.0 Å². The van der Waals surface area contributed by atoms with Crippen molar-refractivity contribution in [2.24, 2.45) is 0 Å². The van der Waals surface area contributed by atoms with Crippen LogP contribution in [0.15, 0.2) is 50.3 Å². The summed E-state index contributed by atoms with van der Waals surface area (Å²) in [5.74, 6) is 1.26. The predicted molar refractivity (Wildman–Crippen MR) is 94.5 cm³/mol. The first-order valence-corrected chi connectivity index (χ1v) is 9.57. The van der Waals surface area contributed by atoms with E-state index in [0.717, 1.165) is 0 Å². The van der Waals surface area contributed by atoms with Crippen molar-refractivity contribution in [2.45, 2.75) is 31.8 Å². The first-order valence-electron chi connectivity index (χ1n) is 8.09. The van der Waals surface area contributed by atoms with Crippen LogP contribution in [0.25, 0.3) is 11.7 Å². The Morgan fingerprint density at radius 2 is 1.88 bits per heavy atom. The molecule has 0 saturated carbocycles. The highest BCUT2D eigenvalue weighted by Gasteiger charge is 2.23. The van der Waals surface area contributed by atoms with E-state index in [1.54, 1.807) is 24.3 Å². The lowest BCUT2D eigenvalue weighted by Crippen LogP contribution is -2.13. The summed E-state index contributed by atoms with van der Waals surface area (Å²) in [5.41, 5.74) is 0.326. The van der Waals surface area contributed by atoms with Crippen molar-refractivity contribution in [1.29, 1.82) is 0 Å². The SMILES string of the molecule is CCOc1ccccc1NS(=O)(=O)c1ccc(-c2nnc(C(C)C)o2)o1. The van der Waals surface area contributed by atoms with Gasteiger partial charge >= 0.3 is 0 Å². The lowest BCUT2D eigenvalue weighted by Gasteiger charge is -2.11. The number of benzene rings is 1. The maximum atomic E-state index is 12.6. The van der Waals surface area contributed by atoms with E-state index < -0.39 is 10.0 Å². The van der Waals surface area contributed by atoms with Crippen molar-refractivity contribution in [3.05, 3.63) is 42.3 Å². The van der Waals surface area contributed by atoms with Crippen LogP contribution in [0.5, 0.6) is 5.75 Å². The molecule has 3 rings (SSSR count). The smallest absolute Gasteiger partial charge is 0.295 e. The number of para-hydroxylation sites is 2. The van der Waals surface area contributed by atoms with Gasteiger partial charge in [0.05, 0.1) is 12.3 Å². The molecule has 2 heterocycles. The second-order valence-corrected chi connectivity index (χ2v) is 7.37. The van der Waals surface area contributed by atoms with Crippen LogP contribution in [-0.2, 0) is 10.0 Å². The summed E-state index contributed by atoms with van der Waals surface area (Å²) in [6.07, 6.45) is 0. The van der Waals surface area contributed by atoms with Crippen molar-refractivity contribution in [3.8, 4) is 17.4 Å². The van der Waals surface area contributed by atoms with Gasteiger partial charge in [0, 0.05) is 5.92 Å². The van der Waals surface area contributed by atoms with Crippen LogP contribution in [0.2, 0.25) is 0 Å². The van der Waals surface area contributed by atoms with E-state index in [0.29, 0.717) is 23.9 Å². The Labute approximate surface area is 151 Å². The molecule has 0 radical (unpaired) electrons. The van der Waals surface area contributed by atoms with Gasteiger partial charge in [-0.2, -0.15) is 8.42 Å². The van der Waals surface area contributed by atoms with E-state index >= 15 is 0 Å². The molecule has 0 aliphatic rings. The monoisotopic (exact) mass is 377 g/mol. The van der Waals surface area contributed by atoms with E-state index in [4.69, 9.17) is 13.6 Å². The average molecular weight is 377 g/mol. The topological polar surface area (TPSA) is 107 Å². The molecule has 2 aromatic heterocycles. The first kappa shape index (κ1) is 18.0. The molecule has 0 aliphatic carbocycles. The van der Waals surface area contributed by atoms with Crippen LogP contribution < -0.4 is 9.46 Å². The second kappa shape index (κ2) is 7.20. The molecule has 8 nitrogen and oxygen atoms in total. The second-order valence-electron chi connectivity index (χ2n) is 5.75. The van der Waals surface area contributed by atoms with E-state index in [9.17, 15) is 8.42 Å². The summed E-state index contributed by atoms with van der Waals surface area (Å²) >= 11 is 0. The van der Waals surface area contributed by atoms with Gasteiger partial charge in [-0.15, -0.1) is 10.2 Å². The first-order chi connectivity index (χ1) is 12.4. The molecule has 3 aromatic rings. The minimum absolute atomic E-state index is 0.0612. The molecule has 1 aromatic carbocycles. The van der Waals surface area contributed by atoms with Gasteiger partial charge in [0.25, 0.3) is 15.9 Å². The number of rotatable bonds is 7. The van der Waals surface area contributed by atoms with Gasteiger partial charge in [0.15, 0.2) is 5.76 Å². The zero-order chi connectivity index (χ0) is 18.7. The summed E-state index contributed by atoms with van der Waals surface area (Å²) in [6, 6.07) is 9.57. The Morgan fingerprint density at radius 1 is 1.12 bits per heavy atom. The van der Waals surface area contributed by atoms with Crippen molar-refractivity contribution in [1.82, 2.24) is 10.2 Å². The van der Waals surface area contributed by atoms with Crippen LogP contribution in [0.4, 0.5) is 5.69 Å². The van der Waals surface area contributed by atoms with Gasteiger partial charge in [0.2, 0.25) is 11.0 Å². The molecule has 0 spiro atoms. The van der Waals surface area contributed by atoms with Crippen LogP contribution in [0.1, 0.15) is 32.6 Å². The molecule has 0 bridgehead atoms. The van der Waals surface area contributed by atoms with Gasteiger partial charge < -0.3 is 13.6 Å². The number of ether oxygens (including phenoxy) is 1. The maximum Gasteiger partial charge on any atom is 0.295 e.